The molecule has 8 nitrogen and oxygen atoms in total. The van der Waals surface area contributed by atoms with Gasteiger partial charge in [0.15, 0.2) is 5.16 Å². The van der Waals surface area contributed by atoms with Crippen LogP contribution in [0.25, 0.3) is 11.0 Å². The molecule has 0 saturated heterocycles. The molecule has 2 N–H and O–H groups in total. The maximum absolute atomic E-state index is 11.9. The lowest BCUT2D eigenvalue weighted by Crippen LogP contribution is -2.18. The number of fused-ring (bicyclic) bond motifs is 1. The quantitative estimate of drug-likeness (QED) is 0.344. The average molecular weight is 391 g/mol. The van der Waals surface area contributed by atoms with Gasteiger partial charge in [0.25, 0.3) is 0 Å². The maximum atomic E-state index is 11.9. The summed E-state index contributed by atoms with van der Waals surface area (Å²) in [5.41, 5.74) is 1.12. The summed E-state index contributed by atoms with van der Waals surface area (Å²) < 4.78 is 11.8. The van der Waals surface area contributed by atoms with Crippen molar-refractivity contribution in [2.75, 3.05) is 13.7 Å². The molecule has 0 aliphatic heterocycles. The van der Waals surface area contributed by atoms with E-state index in [0.29, 0.717) is 42.5 Å². The van der Waals surface area contributed by atoms with Gasteiger partial charge < -0.3 is 14.3 Å². The Morgan fingerprint density at radius 2 is 2.11 bits per heavy atom. The van der Waals surface area contributed by atoms with E-state index in [1.807, 2.05) is 13.0 Å². The van der Waals surface area contributed by atoms with E-state index < -0.39 is 5.63 Å². The Morgan fingerprint density at radius 1 is 1.30 bits per heavy atom. The van der Waals surface area contributed by atoms with Crippen LogP contribution in [0.2, 0.25) is 0 Å². The van der Waals surface area contributed by atoms with Crippen molar-refractivity contribution < 1.29 is 14.3 Å². The van der Waals surface area contributed by atoms with Gasteiger partial charge in [0.2, 0.25) is 0 Å². The van der Waals surface area contributed by atoms with Crippen molar-refractivity contribution in [1.82, 2.24) is 14.8 Å². The minimum atomic E-state index is -0.485. The zero-order valence-electron chi connectivity index (χ0n) is 15.2. The summed E-state index contributed by atoms with van der Waals surface area (Å²) in [6.07, 6.45) is 1.35. The number of nitrogens with one attached hydrogen (secondary N) is 1. The highest BCUT2D eigenvalue weighted by molar-refractivity contribution is 7.98. The van der Waals surface area contributed by atoms with Gasteiger partial charge in [-0.3, -0.25) is 4.57 Å². The number of nitrogens with zero attached hydrogens (tertiary/aromatic N) is 2. The molecular weight excluding hydrogens is 370 g/mol. The first-order chi connectivity index (χ1) is 13.0. The molecule has 0 spiro atoms. The number of hydrogen-bond donors (Lipinski definition) is 2. The first-order valence-electron chi connectivity index (χ1n) is 8.59. The van der Waals surface area contributed by atoms with E-state index in [9.17, 15) is 14.7 Å². The van der Waals surface area contributed by atoms with Gasteiger partial charge in [0.05, 0.1) is 0 Å². The topological polar surface area (TPSA) is 110 Å². The molecule has 3 rings (SSSR count). The number of ether oxygens (including phenoxy) is 1. The number of benzene rings is 1. The second-order valence-electron chi connectivity index (χ2n) is 6.02. The van der Waals surface area contributed by atoms with Gasteiger partial charge in [-0.25, -0.2) is 14.7 Å². The fourth-order valence-corrected chi connectivity index (χ4v) is 3.79. The number of phenolic OH excluding ortho intramolecular Hbond substituents is 1. The monoisotopic (exact) mass is 391 g/mol. The highest BCUT2D eigenvalue weighted by Gasteiger charge is 2.13. The SMILES string of the molecule is CCc1cc2c(CSc3n[nH]c(=O)n3CCCOC)cc(=O)oc2cc1O. The molecule has 2 heterocycles. The zero-order chi connectivity index (χ0) is 19.4. The molecular formula is C18H21N3O5S. The summed E-state index contributed by atoms with van der Waals surface area (Å²) >= 11 is 1.36. The summed E-state index contributed by atoms with van der Waals surface area (Å²) in [4.78, 5) is 23.8. The first kappa shape index (κ1) is 19.2. The maximum Gasteiger partial charge on any atom is 0.343 e. The third kappa shape index (κ3) is 4.25. The predicted octanol–water partition coefficient (Wildman–Crippen LogP) is 2.27. The van der Waals surface area contributed by atoms with Crippen LogP contribution in [0.5, 0.6) is 5.75 Å². The van der Waals surface area contributed by atoms with E-state index in [1.165, 1.54) is 23.9 Å². The van der Waals surface area contributed by atoms with E-state index in [-0.39, 0.29) is 11.4 Å². The van der Waals surface area contributed by atoms with E-state index in [2.05, 4.69) is 10.2 Å². The molecule has 0 aliphatic rings. The van der Waals surface area contributed by atoms with Crippen molar-refractivity contribution in [2.45, 2.75) is 37.2 Å². The predicted molar refractivity (Wildman–Crippen MR) is 102 cm³/mol. The number of rotatable bonds is 8. The Morgan fingerprint density at radius 3 is 2.85 bits per heavy atom. The van der Waals surface area contributed by atoms with E-state index >= 15 is 0 Å². The Labute approximate surface area is 159 Å². The average Bonchev–Trinajstić information content (AvgIpc) is 2.99. The van der Waals surface area contributed by atoms with Crippen LogP contribution in [-0.2, 0) is 23.5 Å². The molecule has 27 heavy (non-hydrogen) atoms. The van der Waals surface area contributed by atoms with E-state index in [1.54, 1.807) is 11.7 Å². The van der Waals surface area contributed by atoms with Crippen molar-refractivity contribution in [3.63, 3.8) is 0 Å². The van der Waals surface area contributed by atoms with Gasteiger partial charge in [-0.05, 0) is 30.0 Å². The van der Waals surface area contributed by atoms with Crippen LogP contribution in [0.15, 0.2) is 37.4 Å². The van der Waals surface area contributed by atoms with Crippen LogP contribution in [0.3, 0.4) is 0 Å². The lowest BCUT2D eigenvalue weighted by atomic mass is 10.1. The van der Waals surface area contributed by atoms with E-state index in [0.717, 1.165) is 16.5 Å². The number of aromatic nitrogens is 3. The number of hydrogen-bond acceptors (Lipinski definition) is 7. The molecule has 3 aromatic rings. The molecule has 0 bridgehead atoms. The Kier molecular flexibility index (Phi) is 6.02. The van der Waals surface area contributed by atoms with Crippen molar-refractivity contribution in [3.05, 3.63) is 50.2 Å². The Balaban J connectivity index is 1.89. The summed E-state index contributed by atoms with van der Waals surface area (Å²) in [6.45, 7) is 2.99. The smallest absolute Gasteiger partial charge is 0.343 e. The van der Waals surface area contributed by atoms with Crippen molar-refractivity contribution >= 4 is 22.7 Å². The third-order valence-corrected chi connectivity index (χ3v) is 5.25. The number of thioether (sulfide) groups is 1. The molecule has 1 aromatic carbocycles. The molecule has 144 valence electrons. The number of methoxy groups -OCH3 is 1. The highest BCUT2D eigenvalue weighted by atomic mass is 32.2. The van der Waals surface area contributed by atoms with Gasteiger partial charge in [0.1, 0.15) is 11.3 Å². The van der Waals surface area contributed by atoms with Crippen molar-refractivity contribution in [2.24, 2.45) is 0 Å². The number of phenols is 1. The Hall–Kier alpha value is -2.52. The molecule has 0 radical (unpaired) electrons. The van der Waals surface area contributed by atoms with Crippen LogP contribution >= 0.6 is 11.8 Å². The minimum Gasteiger partial charge on any atom is -0.508 e. The van der Waals surface area contributed by atoms with Crippen molar-refractivity contribution in [3.8, 4) is 5.75 Å². The van der Waals surface area contributed by atoms with Gasteiger partial charge in [0, 0.05) is 43.5 Å². The highest BCUT2D eigenvalue weighted by Crippen LogP contribution is 2.29. The number of aromatic amines is 1. The normalized spacial score (nSPS) is 11.3. The lowest BCUT2D eigenvalue weighted by molar-refractivity contribution is 0.189. The van der Waals surface area contributed by atoms with Crippen LogP contribution in [-0.4, -0.2) is 33.6 Å². The van der Waals surface area contributed by atoms with Gasteiger partial charge in [-0.1, -0.05) is 18.7 Å². The second-order valence-corrected chi connectivity index (χ2v) is 6.96. The molecule has 0 atom stereocenters. The van der Waals surface area contributed by atoms with Gasteiger partial charge in [-0.15, -0.1) is 5.10 Å². The molecule has 0 aliphatic carbocycles. The summed E-state index contributed by atoms with van der Waals surface area (Å²) in [5, 5.41) is 17.8. The number of aromatic hydroxyl groups is 1. The van der Waals surface area contributed by atoms with Crippen LogP contribution < -0.4 is 11.3 Å². The summed E-state index contributed by atoms with van der Waals surface area (Å²) in [7, 11) is 1.61. The van der Waals surface area contributed by atoms with Crippen LogP contribution in [0.1, 0.15) is 24.5 Å². The second kappa shape index (κ2) is 8.45. The molecule has 9 heteroatoms. The largest absolute Gasteiger partial charge is 0.508 e. The van der Waals surface area contributed by atoms with Gasteiger partial charge in [-0.2, -0.15) is 0 Å². The third-order valence-electron chi connectivity index (χ3n) is 4.22. The number of H-pyrrole nitrogens is 1. The fraction of sp³-hybridized carbons (Fsp3) is 0.389. The minimum absolute atomic E-state index is 0.109. The lowest BCUT2D eigenvalue weighted by Gasteiger charge is -2.09. The Bertz CT molecular complexity index is 1050. The van der Waals surface area contributed by atoms with Gasteiger partial charge >= 0.3 is 11.3 Å². The van der Waals surface area contributed by atoms with Crippen LogP contribution in [0, 0.1) is 0 Å². The standard InChI is InChI=1S/C18H21N3O5S/c1-3-11-7-13-12(8-16(23)26-15(13)9-14(11)22)10-27-18-20-19-17(24)21(18)5-4-6-25-2/h7-9,22H,3-6,10H2,1-2H3,(H,19,24). The molecule has 2 aromatic heterocycles. The summed E-state index contributed by atoms with van der Waals surface area (Å²) in [5.74, 6) is 0.544. The first-order valence-corrected chi connectivity index (χ1v) is 9.57. The van der Waals surface area contributed by atoms with E-state index in [4.69, 9.17) is 9.15 Å². The van der Waals surface area contributed by atoms with Crippen LogP contribution in [0.4, 0.5) is 0 Å². The zero-order valence-corrected chi connectivity index (χ0v) is 16.0. The fourth-order valence-electron chi connectivity index (χ4n) is 2.83. The number of aryl methyl sites for hydroxylation is 1. The van der Waals surface area contributed by atoms with Crippen molar-refractivity contribution in [1.29, 1.82) is 0 Å². The molecule has 0 saturated carbocycles. The molecule has 0 unspecified atom stereocenters. The molecule has 0 fully saturated rings. The molecule has 0 amide bonds. The summed E-state index contributed by atoms with van der Waals surface area (Å²) in [6, 6.07) is 4.74.